The minimum atomic E-state index is -0.467. The van der Waals surface area contributed by atoms with Crippen molar-refractivity contribution in [3.8, 4) is 5.69 Å². The maximum atomic E-state index is 14.5. The van der Waals surface area contributed by atoms with Gasteiger partial charge in [0.15, 0.2) is 0 Å². The molecular formula is C19H16FNO2. The fraction of sp³-hybridized carbons (Fsp3) is 0.211. The number of aliphatic hydroxyl groups is 1. The van der Waals surface area contributed by atoms with Gasteiger partial charge in [0.1, 0.15) is 5.82 Å². The van der Waals surface area contributed by atoms with Gasteiger partial charge in [-0.2, -0.15) is 0 Å². The van der Waals surface area contributed by atoms with Crippen LogP contribution < -0.4 is 5.56 Å². The molecule has 116 valence electrons. The van der Waals surface area contributed by atoms with Gasteiger partial charge in [-0.3, -0.25) is 9.36 Å². The first-order valence-electron chi connectivity index (χ1n) is 7.73. The Morgan fingerprint density at radius 3 is 2.70 bits per heavy atom. The average molecular weight is 309 g/mol. The highest BCUT2D eigenvalue weighted by Crippen LogP contribution is 2.41. The van der Waals surface area contributed by atoms with Crippen LogP contribution in [0.1, 0.15) is 29.9 Å². The topological polar surface area (TPSA) is 42.2 Å². The van der Waals surface area contributed by atoms with Gasteiger partial charge < -0.3 is 5.11 Å². The first-order chi connectivity index (χ1) is 11.2. The molecule has 1 aromatic heterocycles. The van der Waals surface area contributed by atoms with E-state index in [1.807, 2.05) is 6.07 Å². The van der Waals surface area contributed by atoms with Crippen LogP contribution in [0, 0.1) is 5.82 Å². The summed E-state index contributed by atoms with van der Waals surface area (Å²) in [5, 5.41) is 10.2. The maximum Gasteiger partial charge on any atom is 0.265 e. The third-order valence-electron chi connectivity index (χ3n) is 4.45. The van der Waals surface area contributed by atoms with E-state index >= 15 is 0 Å². The van der Waals surface area contributed by atoms with Crippen LogP contribution in [0.15, 0.2) is 53.5 Å². The molecule has 2 aromatic carbocycles. The van der Waals surface area contributed by atoms with E-state index in [0.29, 0.717) is 22.6 Å². The van der Waals surface area contributed by atoms with Gasteiger partial charge in [-0.15, -0.1) is 0 Å². The van der Waals surface area contributed by atoms with Gasteiger partial charge in [-0.25, -0.2) is 4.39 Å². The van der Waals surface area contributed by atoms with Gasteiger partial charge in [0, 0.05) is 11.8 Å². The molecule has 0 aliphatic heterocycles. The van der Waals surface area contributed by atoms with Crippen molar-refractivity contribution in [2.45, 2.75) is 25.4 Å². The summed E-state index contributed by atoms with van der Waals surface area (Å²) in [5.41, 5.74) is 1.78. The molecule has 0 unspecified atom stereocenters. The standard InChI is InChI=1S/C19H16FNO2/c20-16-10-15(12-5-6-12)9-13-7-8-21(19(23)18(13)16)17-4-2-1-3-14(17)11-22/h1-4,7-10,12,22H,5-6,11H2. The lowest BCUT2D eigenvalue weighted by Crippen LogP contribution is -2.20. The molecule has 0 amide bonds. The second-order valence-electron chi connectivity index (χ2n) is 6.02. The van der Waals surface area contributed by atoms with Gasteiger partial charge in [-0.05, 0) is 47.9 Å². The fourth-order valence-electron chi connectivity index (χ4n) is 3.07. The fourth-order valence-corrected chi connectivity index (χ4v) is 3.07. The molecule has 0 spiro atoms. The lowest BCUT2D eigenvalue weighted by molar-refractivity contribution is 0.281. The lowest BCUT2D eigenvalue weighted by atomic mass is 10.0. The van der Waals surface area contributed by atoms with Crippen molar-refractivity contribution in [1.82, 2.24) is 4.57 Å². The molecule has 1 fully saturated rings. The van der Waals surface area contributed by atoms with Gasteiger partial charge in [0.25, 0.3) is 5.56 Å². The Bertz CT molecular complexity index is 957. The second kappa shape index (κ2) is 5.32. The van der Waals surface area contributed by atoms with E-state index in [1.54, 1.807) is 36.5 Å². The maximum absolute atomic E-state index is 14.5. The van der Waals surface area contributed by atoms with Crippen LogP contribution in [0.5, 0.6) is 0 Å². The zero-order valence-corrected chi connectivity index (χ0v) is 12.5. The number of nitrogens with zero attached hydrogens (tertiary/aromatic N) is 1. The predicted octanol–water partition coefficient (Wildman–Crippen LogP) is 3.50. The predicted molar refractivity (Wildman–Crippen MR) is 87.4 cm³/mol. The molecule has 1 saturated carbocycles. The van der Waals surface area contributed by atoms with Crippen LogP contribution in [0.2, 0.25) is 0 Å². The summed E-state index contributed by atoms with van der Waals surface area (Å²) in [7, 11) is 0. The van der Waals surface area contributed by atoms with E-state index < -0.39 is 11.4 Å². The lowest BCUT2D eigenvalue weighted by Gasteiger charge is -2.12. The molecule has 1 aliphatic carbocycles. The van der Waals surface area contributed by atoms with Crippen LogP contribution in [-0.2, 0) is 6.61 Å². The summed E-state index contributed by atoms with van der Waals surface area (Å²) in [5.74, 6) is -0.0309. The molecule has 1 aliphatic rings. The van der Waals surface area contributed by atoms with Crippen LogP contribution >= 0.6 is 0 Å². The van der Waals surface area contributed by atoms with Crippen molar-refractivity contribution < 1.29 is 9.50 Å². The molecule has 0 saturated heterocycles. The van der Waals surface area contributed by atoms with E-state index in [2.05, 4.69) is 0 Å². The van der Waals surface area contributed by atoms with Gasteiger partial charge in [0.05, 0.1) is 17.7 Å². The molecule has 0 radical (unpaired) electrons. The Hall–Kier alpha value is -2.46. The molecule has 4 heteroatoms. The van der Waals surface area contributed by atoms with Gasteiger partial charge in [0.2, 0.25) is 0 Å². The number of hydrogen-bond donors (Lipinski definition) is 1. The smallest absolute Gasteiger partial charge is 0.265 e. The molecule has 23 heavy (non-hydrogen) atoms. The third kappa shape index (κ3) is 2.35. The zero-order chi connectivity index (χ0) is 16.0. The quantitative estimate of drug-likeness (QED) is 0.804. The molecule has 4 rings (SSSR count). The molecule has 0 bridgehead atoms. The summed E-state index contributed by atoms with van der Waals surface area (Å²) in [6.07, 6.45) is 3.83. The summed E-state index contributed by atoms with van der Waals surface area (Å²) in [6, 6.07) is 12.2. The summed E-state index contributed by atoms with van der Waals surface area (Å²) >= 11 is 0. The van der Waals surface area contributed by atoms with Crippen molar-refractivity contribution in [1.29, 1.82) is 0 Å². The van der Waals surface area contributed by atoms with Crippen LogP contribution in [0.4, 0.5) is 4.39 Å². The molecule has 1 heterocycles. The Morgan fingerprint density at radius 2 is 1.96 bits per heavy atom. The normalized spacial score (nSPS) is 14.3. The highest BCUT2D eigenvalue weighted by atomic mass is 19.1. The van der Waals surface area contributed by atoms with Crippen molar-refractivity contribution in [2.75, 3.05) is 0 Å². The van der Waals surface area contributed by atoms with Crippen molar-refractivity contribution in [3.63, 3.8) is 0 Å². The highest BCUT2D eigenvalue weighted by molar-refractivity contribution is 5.83. The SMILES string of the molecule is O=c1c2c(F)cc(C3CC3)cc2ccn1-c1ccccc1CO. The Balaban J connectivity index is 1.96. The number of halogens is 1. The number of fused-ring (bicyclic) bond motifs is 1. The zero-order valence-electron chi connectivity index (χ0n) is 12.5. The minimum Gasteiger partial charge on any atom is -0.392 e. The number of rotatable bonds is 3. The number of para-hydroxylation sites is 1. The van der Waals surface area contributed by atoms with Gasteiger partial charge in [-0.1, -0.05) is 24.3 Å². The molecule has 1 N–H and O–H groups in total. The molecule has 3 aromatic rings. The average Bonchev–Trinajstić information content (AvgIpc) is 3.39. The summed E-state index contributed by atoms with van der Waals surface area (Å²) in [6.45, 7) is -0.177. The third-order valence-corrected chi connectivity index (χ3v) is 4.45. The Morgan fingerprint density at radius 1 is 1.17 bits per heavy atom. The van der Waals surface area contributed by atoms with E-state index in [-0.39, 0.29) is 12.0 Å². The van der Waals surface area contributed by atoms with Crippen LogP contribution in [0.25, 0.3) is 16.5 Å². The monoisotopic (exact) mass is 309 g/mol. The van der Waals surface area contributed by atoms with Crippen LogP contribution in [-0.4, -0.2) is 9.67 Å². The largest absolute Gasteiger partial charge is 0.392 e. The molecular weight excluding hydrogens is 293 g/mol. The van der Waals surface area contributed by atoms with E-state index in [0.717, 1.165) is 18.4 Å². The van der Waals surface area contributed by atoms with Crippen molar-refractivity contribution >= 4 is 10.8 Å². The molecule has 3 nitrogen and oxygen atoms in total. The first kappa shape index (κ1) is 14.2. The van der Waals surface area contributed by atoms with E-state index in [9.17, 15) is 14.3 Å². The second-order valence-corrected chi connectivity index (χ2v) is 6.02. The first-order valence-corrected chi connectivity index (χ1v) is 7.73. The Kier molecular flexibility index (Phi) is 3.27. The van der Waals surface area contributed by atoms with E-state index in [1.165, 1.54) is 10.6 Å². The Labute approximate surface area is 132 Å². The summed E-state index contributed by atoms with van der Waals surface area (Å²) in [4.78, 5) is 12.8. The number of aromatic nitrogens is 1. The highest BCUT2D eigenvalue weighted by Gasteiger charge is 2.25. The van der Waals surface area contributed by atoms with Gasteiger partial charge >= 0.3 is 0 Å². The number of hydrogen-bond acceptors (Lipinski definition) is 2. The van der Waals surface area contributed by atoms with Crippen molar-refractivity contribution in [2.24, 2.45) is 0 Å². The minimum absolute atomic E-state index is 0.102. The summed E-state index contributed by atoms with van der Waals surface area (Å²) < 4.78 is 15.9. The van der Waals surface area contributed by atoms with Crippen molar-refractivity contribution in [3.05, 3.63) is 76.0 Å². The van der Waals surface area contributed by atoms with Crippen LogP contribution in [0.3, 0.4) is 0 Å². The molecule has 0 atom stereocenters. The number of pyridine rings is 1. The number of aliphatic hydroxyl groups excluding tert-OH is 1. The van der Waals surface area contributed by atoms with E-state index in [4.69, 9.17) is 0 Å². The number of benzene rings is 2.